The maximum absolute atomic E-state index is 12.7. The third kappa shape index (κ3) is 7.12. The average Bonchev–Trinajstić information content (AvgIpc) is 2.85. The summed E-state index contributed by atoms with van der Waals surface area (Å²) in [5.41, 5.74) is 0.469. The quantitative estimate of drug-likeness (QED) is 0.453. The zero-order chi connectivity index (χ0) is 24.6. The van der Waals surface area contributed by atoms with Crippen LogP contribution in [0.2, 0.25) is 0 Å². The van der Waals surface area contributed by atoms with E-state index in [2.05, 4.69) is 4.90 Å². The van der Waals surface area contributed by atoms with Gasteiger partial charge in [0.25, 0.3) is 0 Å². The van der Waals surface area contributed by atoms with E-state index in [-0.39, 0.29) is 23.1 Å². The molecule has 1 aliphatic heterocycles. The van der Waals surface area contributed by atoms with E-state index in [0.29, 0.717) is 38.1 Å². The predicted octanol–water partition coefficient (Wildman–Crippen LogP) is 2.51. The standard InChI is InChI=1S/C25H33N3O5S/c1-21(29)22-10-12-24(13-11-22)34(31,32)26(2)14-6-9-25(30)28-17-15-27(16-18-28)19-20-33-23-7-4-3-5-8-23/h3-5,7-8,10-13H,6,9,14-20H2,1-2H3. The van der Waals surface area contributed by atoms with Crippen molar-refractivity contribution in [2.24, 2.45) is 0 Å². The van der Waals surface area contributed by atoms with Crippen LogP contribution in [-0.4, -0.2) is 87.1 Å². The van der Waals surface area contributed by atoms with Crippen molar-refractivity contribution in [3.63, 3.8) is 0 Å². The van der Waals surface area contributed by atoms with Crippen LogP contribution < -0.4 is 4.74 Å². The van der Waals surface area contributed by atoms with Gasteiger partial charge in [-0.3, -0.25) is 14.5 Å². The average molecular weight is 488 g/mol. The van der Waals surface area contributed by atoms with Gasteiger partial charge in [0.2, 0.25) is 15.9 Å². The van der Waals surface area contributed by atoms with E-state index in [1.807, 2.05) is 35.2 Å². The summed E-state index contributed by atoms with van der Waals surface area (Å²) in [7, 11) is -2.15. The Morgan fingerprint density at radius 3 is 2.24 bits per heavy atom. The number of piperazine rings is 1. The van der Waals surface area contributed by atoms with E-state index in [1.165, 1.54) is 42.5 Å². The van der Waals surface area contributed by atoms with Gasteiger partial charge in [0.05, 0.1) is 4.90 Å². The number of nitrogens with zero attached hydrogens (tertiary/aromatic N) is 3. The van der Waals surface area contributed by atoms with Gasteiger partial charge in [-0.2, -0.15) is 0 Å². The fourth-order valence-electron chi connectivity index (χ4n) is 3.80. The van der Waals surface area contributed by atoms with Gasteiger partial charge in [0.15, 0.2) is 5.78 Å². The van der Waals surface area contributed by atoms with E-state index >= 15 is 0 Å². The molecule has 1 heterocycles. The number of benzene rings is 2. The predicted molar refractivity (Wildman–Crippen MR) is 130 cm³/mol. The fraction of sp³-hybridized carbons (Fsp3) is 0.440. The second-order valence-electron chi connectivity index (χ2n) is 8.39. The lowest BCUT2D eigenvalue weighted by Crippen LogP contribution is -2.49. The molecule has 1 saturated heterocycles. The number of Topliss-reactive ketones (excluding diaryl/α,β-unsaturated/α-hetero) is 1. The van der Waals surface area contributed by atoms with Gasteiger partial charge in [-0.15, -0.1) is 0 Å². The molecule has 1 fully saturated rings. The molecule has 9 heteroatoms. The molecule has 2 aromatic carbocycles. The summed E-state index contributed by atoms with van der Waals surface area (Å²) in [6, 6.07) is 15.6. The van der Waals surface area contributed by atoms with Crippen molar-refractivity contribution in [3.05, 3.63) is 60.2 Å². The summed E-state index contributed by atoms with van der Waals surface area (Å²) in [5.74, 6) is 0.797. The molecule has 0 unspecified atom stereocenters. The largest absolute Gasteiger partial charge is 0.492 e. The third-order valence-corrected chi connectivity index (χ3v) is 7.85. The summed E-state index contributed by atoms with van der Waals surface area (Å²) in [4.78, 5) is 28.2. The molecule has 0 saturated carbocycles. The van der Waals surface area contributed by atoms with Crippen molar-refractivity contribution in [3.8, 4) is 5.75 Å². The summed E-state index contributed by atoms with van der Waals surface area (Å²) >= 11 is 0. The number of rotatable bonds is 11. The van der Waals surface area contributed by atoms with Gasteiger partial charge in [-0.25, -0.2) is 12.7 Å². The van der Waals surface area contributed by atoms with Crippen LogP contribution in [0.15, 0.2) is 59.5 Å². The molecule has 1 aliphatic rings. The highest BCUT2D eigenvalue weighted by atomic mass is 32.2. The zero-order valence-corrected chi connectivity index (χ0v) is 20.7. The van der Waals surface area contributed by atoms with Crippen molar-refractivity contribution in [1.82, 2.24) is 14.1 Å². The number of ether oxygens (including phenoxy) is 1. The molecule has 0 N–H and O–H groups in total. The normalized spacial score (nSPS) is 14.9. The Kier molecular flexibility index (Phi) is 9.20. The molecule has 1 amide bonds. The number of hydrogen-bond donors (Lipinski definition) is 0. The van der Waals surface area contributed by atoms with Crippen LogP contribution in [-0.2, 0) is 14.8 Å². The number of hydrogen-bond acceptors (Lipinski definition) is 6. The van der Waals surface area contributed by atoms with Gasteiger partial charge in [-0.1, -0.05) is 30.3 Å². The minimum absolute atomic E-state index is 0.0526. The molecule has 0 bridgehead atoms. The molecule has 0 atom stereocenters. The van der Waals surface area contributed by atoms with E-state index in [0.717, 1.165) is 25.4 Å². The van der Waals surface area contributed by atoms with Crippen molar-refractivity contribution < 1.29 is 22.7 Å². The number of carbonyl (C=O) groups excluding carboxylic acids is 2. The van der Waals surface area contributed by atoms with Crippen LogP contribution in [0.5, 0.6) is 5.75 Å². The van der Waals surface area contributed by atoms with E-state index in [1.54, 1.807) is 0 Å². The Morgan fingerprint density at radius 1 is 0.971 bits per heavy atom. The summed E-state index contributed by atoms with van der Waals surface area (Å²) in [6.07, 6.45) is 0.755. The Labute approximate surface area is 202 Å². The van der Waals surface area contributed by atoms with Gasteiger partial charge < -0.3 is 9.64 Å². The second kappa shape index (κ2) is 12.1. The number of carbonyl (C=O) groups is 2. The van der Waals surface area contributed by atoms with Crippen molar-refractivity contribution in [1.29, 1.82) is 0 Å². The minimum atomic E-state index is -3.66. The Bertz CT molecular complexity index is 1050. The van der Waals surface area contributed by atoms with Crippen LogP contribution in [0.3, 0.4) is 0 Å². The van der Waals surface area contributed by atoms with Gasteiger partial charge in [0, 0.05) is 58.3 Å². The van der Waals surface area contributed by atoms with Crippen LogP contribution in [0.4, 0.5) is 0 Å². The van der Waals surface area contributed by atoms with Gasteiger partial charge in [-0.05, 0) is 37.6 Å². The molecule has 0 radical (unpaired) electrons. The minimum Gasteiger partial charge on any atom is -0.492 e. The van der Waals surface area contributed by atoms with Gasteiger partial charge in [0.1, 0.15) is 12.4 Å². The Morgan fingerprint density at radius 2 is 1.62 bits per heavy atom. The first kappa shape index (κ1) is 25.9. The molecule has 184 valence electrons. The van der Waals surface area contributed by atoms with Crippen LogP contribution in [0.25, 0.3) is 0 Å². The molecule has 0 aromatic heterocycles. The molecule has 34 heavy (non-hydrogen) atoms. The zero-order valence-electron chi connectivity index (χ0n) is 19.9. The van der Waals surface area contributed by atoms with Crippen LogP contribution >= 0.6 is 0 Å². The lowest BCUT2D eigenvalue weighted by Gasteiger charge is -2.34. The third-order valence-electron chi connectivity index (χ3n) is 5.98. The monoisotopic (exact) mass is 487 g/mol. The van der Waals surface area contributed by atoms with E-state index in [4.69, 9.17) is 4.74 Å². The van der Waals surface area contributed by atoms with E-state index in [9.17, 15) is 18.0 Å². The molecular weight excluding hydrogens is 454 g/mol. The lowest BCUT2D eigenvalue weighted by atomic mass is 10.2. The first-order valence-corrected chi connectivity index (χ1v) is 13.0. The number of amides is 1. The SMILES string of the molecule is CC(=O)c1ccc(S(=O)(=O)N(C)CCCC(=O)N2CCN(CCOc3ccccc3)CC2)cc1. The number of ketones is 1. The highest BCUT2D eigenvalue weighted by molar-refractivity contribution is 7.89. The highest BCUT2D eigenvalue weighted by Crippen LogP contribution is 2.16. The number of sulfonamides is 1. The molecule has 0 spiro atoms. The van der Waals surface area contributed by atoms with Crippen molar-refractivity contribution in [2.75, 3.05) is 52.9 Å². The summed E-state index contributed by atoms with van der Waals surface area (Å²) in [5, 5.41) is 0. The first-order valence-electron chi connectivity index (χ1n) is 11.5. The molecule has 0 aliphatic carbocycles. The van der Waals surface area contributed by atoms with Crippen LogP contribution in [0, 0.1) is 0 Å². The summed E-state index contributed by atoms with van der Waals surface area (Å²) in [6.45, 7) is 6.04. The fourth-order valence-corrected chi connectivity index (χ4v) is 5.01. The van der Waals surface area contributed by atoms with E-state index < -0.39 is 10.0 Å². The smallest absolute Gasteiger partial charge is 0.242 e. The molecule has 2 aromatic rings. The maximum Gasteiger partial charge on any atom is 0.242 e. The molecular formula is C25H33N3O5S. The lowest BCUT2D eigenvalue weighted by molar-refractivity contribution is -0.133. The molecule has 8 nitrogen and oxygen atoms in total. The second-order valence-corrected chi connectivity index (χ2v) is 10.4. The Hall–Kier alpha value is -2.75. The Balaban J connectivity index is 1.36. The van der Waals surface area contributed by atoms with Crippen molar-refractivity contribution in [2.45, 2.75) is 24.7 Å². The highest BCUT2D eigenvalue weighted by Gasteiger charge is 2.23. The summed E-state index contributed by atoms with van der Waals surface area (Å²) < 4.78 is 32.5. The topological polar surface area (TPSA) is 87.2 Å². The van der Waals surface area contributed by atoms with Crippen LogP contribution in [0.1, 0.15) is 30.1 Å². The van der Waals surface area contributed by atoms with Crippen molar-refractivity contribution >= 4 is 21.7 Å². The maximum atomic E-state index is 12.7. The first-order chi connectivity index (χ1) is 16.3. The van der Waals surface area contributed by atoms with Gasteiger partial charge >= 0.3 is 0 Å². The molecule has 3 rings (SSSR count). The number of para-hydroxylation sites is 1.